The molecule has 0 heterocycles. The Kier molecular flexibility index (Phi) is 12.5. The number of benzene rings is 1. The van der Waals surface area contributed by atoms with Gasteiger partial charge in [-0.05, 0) is 34.1 Å². The Balaban J connectivity index is 2.41. The summed E-state index contributed by atoms with van der Waals surface area (Å²) in [4.78, 5) is 61.6. The molecule has 0 radical (unpaired) electrons. The van der Waals surface area contributed by atoms with E-state index in [1.165, 1.54) is 6.08 Å². The standard InChI is InChI=1S/C22H26BrCl2N5O7/c23-14-4-2-1-3-13(14)20(33)30-15-9-12(19(32)29-11-17(26)31)10-16(36-21(34)27-7-5-24)18(15)37-22(35)28-8-6-25/h1-4,9,15-16,18H,5-8,10-11H2,(H2,26,31)(H,27,34)(H,28,35)(H,29,32)(H,30,33). The topological polar surface area (TPSA) is 178 Å². The number of amides is 5. The zero-order valence-electron chi connectivity index (χ0n) is 19.4. The molecule has 1 aliphatic rings. The van der Waals surface area contributed by atoms with Gasteiger partial charge in [0.1, 0.15) is 6.10 Å². The Hall–Kier alpha value is -3.03. The van der Waals surface area contributed by atoms with Gasteiger partial charge in [-0.25, -0.2) is 9.59 Å². The number of nitrogens with one attached hydrogen (secondary N) is 4. The molecule has 2 rings (SSSR count). The highest BCUT2D eigenvalue weighted by molar-refractivity contribution is 9.10. The summed E-state index contributed by atoms with van der Waals surface area (Å²) in [6, 6.07) is 5.48. The van der Waals surface area contributed by atoms with Crippen molar-refractivity contribution in [2.45, 2.75) is 24.7 Å². The van der Waals surface area contributed by atoms with Crippen molar-refractivity contribution in [3.8, 4) is 0 Å². The summed E-state index contributed by atoms with van der Waals surface area (Å²) < 4.78 is 11.4. The number of alkyl halides is 2. The monoisotopic (exact) mass is 621 g/mol. The smallest absolute Gasteiger partial charge is 0.407 e. The first kappa shape index (κ1) is 30.2. The van der Waals surface area contributed by atoms with Gasteiger partial charge in [0.25, 0.3) is 5.91 Å². The first-order valence-corrected chi connectivity index (χ1v) is 12.9. The minimum atomic E-state index is -1.24. The van der Waals surface area contributed by atoms with E-state index in [0.29, 0.717) is 4.47 Å². The van der Waals surface area contributed by atoms with Gasteiger partial charge in [0.05, 0.1) is 18.2 Å². The van der Waals surface area contributed by atoms with Crippen molar-refractivity contribution in [2.24, 2.45) is 5.73 Å². The fourth-order valence-corrected chi connectivity index (χ4v) is 3.95. The Labute approximate surface area is 231 Å². The molecule has 3 atom stereocenters. The lowest BCUT2D eigenvalue weighted by atomic mass is 9.89. The fourth-order valence-electron chi connectivity index (χ4n) is 3.29. The number of halogens is 3. The molecule has 0 aliphatic heterocycles. The Morgan fingerprint density at radius 2 is 1.57 bits per heavy atom. The molecular weight excluding hydrogens is 597 g/mol. The number of rotatable bonds is 11. The first-order chi connectivity index (χ1) is 17.7. The van der Waals surface area contributed by atoms with E-state index in [1.54, 1.807) is 24.3 Å². The SMILES string of the molecule is NC(=O)CNC(=O)C1=CC(NC(=O)c2ccccc2Br)C(OC(=O)NCCCl)C(OC(=O)NCCCl)C1. The number of hydrogen-bond acceptors (Lipinski definition) is 7. The molecule has 1 aromatic rings. The highest BCUT2D eigenvalue weighted by atomic mass is 79.9. The molecule has 3 unspecified atom stereocenters. The minimum Gasteiger partial charge on any atom is -0.442 e. The lowest BCUT2D eigenvalue weighted by Crippen LogP contribution is -2.55. The third-order valence-electron chi connectivity index (χ3n) is 4.88. The number of carbonyl (C=O) groups is 5. The van der Waals surface area contributed by atoms with E-state index >= 15 is 0 Å². The van der Waals surface area contributed by atoms with E-state index in [2.05, 4.69) is 37.2 Å². The van der Waals surface area contributed by atoms with Crippen molar-refractivity contribution in [1.29, 1.82) is 0 Å². The second kappa shape index (κ2) is 15.3. The average Bonchev–Trinajstić information content (AvgIpc) is 2.86. The number of primary amides is 1. The van der Waals surface area contributed by atoms with Crippen LogP contribution >= 0.6 is 39.1 Å². The summed E-state index contributed by atoms with van der Waals surface area (Å²) in [6.45, 7) is -0.245. The third-order valence-corrected chi connectivity index (χ3v) is 5.95. The maximum atomic E-state index is 13.1. The van der Waals surface area contributed by atoms with Gasteiger partial charge in [0, 0.05) is 41.3 Å². The van der Waals surface area contributed by atoms with Gasteiger partial charge in [-0.2, -0.15) is 0 Å². The van der Waals surface area contributed by atoms with Crippen LogP contribution in [0.25, 0.3) is 0 Å². The zero-order valence-corrected chi connectivity index (χ0v) is 22.5. The lowest BCUT2D eigenvalue weighted by Gasteiger charge is -2.36. The van der Waals surface area contributed by atoms with Crippen LogP contribution < -0.4 is 27.0 Å². The molecule has 37 heavy (non-hydrogen) atoms. The van der Waals surface area contributed by atoms with E-state index in [-0.39, 0.29) is 42.4 Å². The normalized spacial score (nSPS) is 18.6. The van der Waals surface area contributed by atoms with Crippen molar-refractivity contribution in [3.05, 3.63) is 46.0 Å². The highest BCUT2D eigenvalue weighted by Crippen LogP contribution is 2.26. The van der Waals surface area contributed by atoms with E-state index in [1.807, 2.05) is 0 Å². The van der Waals surface area contributed by atoms with Gasteiger partial charge in [0.15, 0.2) is 6.10 Å². The summed E-state index contributed by atoms with van der Waals surface area (Å²) in [5.74, 6) is -1.78. The largest absolute Gasteiger partial charge is 0.442 e. The number of hydrogen-bond donors (Lipinski definition) is 5. The third kappa shape index (κ3) is 9.74. The van der Waals surface area contributed by atoms with Gasteiger partial charge in [-0.1, -0.05) is 12.1 Å². The second-order valence-electron chi connectivity index (χ2n) is 7.57. The second-order valence-corrected chi connectivity index (χ2v) is 9.18. The molecule has 0 spiro atoms. The van der Waals surface area contributed by atoms with Crippen molar-refractivity contribution in [2.75, 3.05) is 31.4 Å². The maximum Gasteiger partial charge on any atom is 0.407 e. The molecule has 5 amide bonds. The van der Waals surface area contributed by atoms with Crippen LogP contribution in [0.1, 0.15) is 16.8 Å². The zero-order chi connectivity index (χ0) is 27.4. The first-order valence-electron chi connectivity index (χ1n) is 11.0. The maximum absolute atomic E-state index is 13.1. The van der Waals surface area contributed by atoms with E-state index in [9.17, 15) is 24.0 Å². The predicted molar refractivity (Wildman–Crippen MR) is 138 cm³/mol. The summed E-state index contributed by atoms with van der Waals surface area (Å²) in [7, 11) is 0. The molecule has 0 saturated heterocycles. The molecule has 202 valence electrons. The fraction of sp³-hybridized carbons (Fsp3) is 0.409. The van der Waals surface area contributed by atoms with Crippen molar-refractivity contribution < 1.29 is 33.4 Å². The predicted octanol–water partition coefficient (Wildman–Crippen LogP) is 1.15. The van der Waals surface area contributed by atoms with Gasteiger partial charge in [-0.15, -0.1) is 23.2 Å². The van der Waals surface area contributed by atoms with Gasteiger partial charge in [-0.3, -0.25) is 14.4 Å². The summed E-state index contributed by atoms with van der Waals surface area (Å²) >= 11 is 14.5. The lowest BCUT2D eigenvalue weighted by molar-refractivity contribution is -0.123. The van der Waals surface area contributed by atoms with Gasteiger partial charge >= 0.3 is 12.2 Å². The van der Waals surface area contributed by atoms with Crippen molar-refractivity contribution in [3.63, 3.8) is 0 Å². The van der Waals surface area contributed by atoms with Crippen LogP contribution in [0.2, 0.25) is 0 Å². The van der Waals surface area contributed by atoms with Crippen LogP contribution in [0.3, 0.4) is 0 Å². The highest BCUT2D eigenvalue weighted by Gasteiger charge is 2.41. The quantitative estimate of drug-likeness (QED) is 0.230. The molecular formula is C22H26BrCl2N5O7. The van der Waals surface area contributed by atoms with Crippen LogP contribution in [0.5, 0.6) is 0 Å². The summed E-state index contributed by atoms with van der Waals surface area (Å²) in [6.07, 6.45) is -3.04. The molecule has 1 aliphatic carbocycles. The number of alkyl carbamates (subject to hydrolysis) is 2. The van der Waals surface area contributed by atoms with Crippen LogP contribution in [0.15, 0.2) is 40.4 Å². The Morgan fingerprint density at radius 3 is 2.16 bits per heavy atom. The molecule has 15 heteroatoms. The van der Waals surface area contributed by atoms with Crippen molar-refractivity contribution >= 4 is 69.0 Å². The molecule has 6 N–H and O–H groups in total. The van der Waals surface area contributed by atoms with E-state index in [4.69, 9.17) is 38.4 Å². The van der Waals surface area contributed by atoms with Crippen LogP contribution in [0, 0.1) is 0 Å². The van der Waals surface area contributed by atoms with Crippen LogP contribution in [-0.4, -0.2) is 79.6 Å². The molecule has 1 aromatic carbocycles. The molecule has 0 bridgehead atoms. The summed E-state index contributed by atoms with van der Waals surface area (Å²) in [5, 5.41) is 9.90. The molecule has 0 aromatic heterocycles. The van der Waals surface area contributed by atoms with Gasteiger partial charge < -0.3 is 36.5 Å². The van der Waals surface area contributed by atoms with E-state index < -0.39 is 54.7 Å². The van der Waals surface area contributed by atoms with Crippen LogP contribution in [-0.2, 0) is 19.1 Å². The molecule has 0 saturated carbocycles. The molecule has 0 fully saturated rings. The Bertz CT molecular complexity index is 1040. The Morgan fingerprint density at radius 1 is 0.946 bits per heavy atom. The number of carbonyl (C=O) groups excluding carboxylic acids is 5. The number of nitrogens with two attached hydrogens (primary N) is 1. The van der Waals surface area contributed by atoms with Crippen LogP contribution in [0.4, 0.5) is 9.59 Å². The van der Waals surface area contributed by atoms with Gasteiger partial charge in [0.2, 0.25) is 11.8 Å². The minimum absolute atomic E-state index is 0.0647. The number of ether oxygens (including phenoxy) is 2. The summed E-state index contributed by atoms with van der Waals surface area (Å²) in [5.41, 5.74) is 5.43. The van der Waals surface area contributed by atoms with E-state index in [0.717, 1.165) is 0 Å². The molecule has 12 nitrogen and oxygen atoms in total. The van der Waals surface area contributed by atoms with Crippen molar-refractivity contribution in [1.82, 2.24) is 21.3 Å². The average molecular weight is 623 g/mol.